The first-order chi connectivity index (χ1) is 35.0. The highest BCUT2D eigenvalue weighted by atomic mass is 32.2. The smallest absolute Gasteiger partial charge is 0.338 e. The van der Waals surface area contributed by atoms with Gasteiger partial charge in [-0.25, -0.2) is 4.79 Å². The lowest BCUT2D eigenvalue weighted by Gasteiger charge is -2.46. The maximum atomic E-state index is 14.6. The van der Waals surface area contributed by atoms with Crippen molar-refractivity contribution in [2.45, 2.75) is 107 Å². The van der Waals surface area contributed by atoms with Crippen LogP contribution < -0.4 is 0 Å². The molecule has 8 rings (SSSR count). The Kier molecular flexibility index (Phi) is 20.2. The molecule has 1 N–H and O–H groups in total. The van der Waals surface area contributed by atoms with Gasteiger partial charge in [-0.15, -0.1) is 11.8 Å². The second-order valence-electron chi connectivity index (χ2n) is 17.4. The van der Waals surface area contributed by atoms with E-state index < -0.39 is 66.5 Å². The summed E-state index contributed by atoms with van der Waals surface area (Å²) < 4.78 is 64.7. The molecule has 0 radical (unpaired) electrons. The summed E-state index contributed by atoms with van der Waals surface area (Å²) in [7, 11) is 1.49. The van der Waals surface area contributed by atoms with Gasteiger partial charge in [-0.1, -0.05) is 177 Å². The van der Waals surface area contributed by atoms with E-state index in [0.29, 0.717) is 32.0 Å². The SMILES string of the molecule is CCS[C@@H]1O[C@H](COCc2ccccc2)[C@@H](OCc2ccccc2)[C@H](OCc2ccccc2)[C@H]1OCc1ccccc1C(=O)O[C@H]1[C@H](O)[C@@H](COCc2ccccc2)O[C@H](OC)[C@@H]1OCc1ccccc1. The van der Waals surface area contributed by atoms with E-state index in [4.69, 9.17) is 47.4 Å². The van der Waals surface area contributed by atoms with Crippen LogP contribution in [-0.2, 0) is 87.0 Å². The quantitative estimate of drug-likeness (QED) is 0.0548. The molecule has 2 aliphatic heterocycles. The average molecular weight is 985 g/mol. The minimum atomic E-state index is -1.34. The van der Waals surface area contributed by atoms with Gasteiger partial charge in [0, 0.05) is 7.11 Å². The van der Waals surface area contributed by atoms with E-state index in [2.05, 4.69) is 6.92 Å². The summed E-state index contributed by atoms with van der Waals surface area (Å²) in [6.07, 6.45) is -7.88. The molecular formula is C58H64O12S. The van der Waals surface area contributed by atoms with Crippen molar-refractivity contribution in [3.05, 3.63) is 215 Å². The van der Waals surface area contributed by atoms with Crippen LogP contribution in [0.1, 0.15) is 50.7 Å². The fraction of sp³-hybridized carbons (Fsp3) is 0.362. The summed E-state index contributed by atoms with van der Waals surface area (Å²) in [5.41, 5.74) is 5.20. The summed E-state index contributed by atoms with van der Waals surface area (Å²) >= 11 is 1.61. The Morgan fingerprint density at radius 2 is 0.930 bits per heavy atom. The molecule has 0 spiro atoms. The normalized spacial score (nSPS) is 24.3. The van der Waals surface area contributed by atoms with Gasteiger partial charge < -0.3 is 52.5 Å². The first-order valence-electron chi connectivity index (χ1n) is 24.2. The third-order valence-electron chi connectivity index (χ3n) is 12.3. The number of hydrogen-bond acceptors (Lipinski definition) is 13. The monoisotopic (exact) mass is 984 g/mol. The van der Waals surface area contributed by atoms with E-state index in [1.807, 2.05) is 164 Å². The molecule has 12 nitrogen and oxygen atoms in total. The molecule has 0 amide bonds. The van der Waals surface area contributed by atoms with Crippen molar-refractivity contribution >= 4 is 17.7 Å². The van der Waals surface area contributed by atoms with E-state index in [0.717, 1.165) is 33.6 Å². The fourth-order valence-corrected chi connectivity index (χ4v) is 9.63. The molecule has 0 aliphatic carbocycles. The van der Waals surface area contributed by atoms with Crippen molar-refractivity contribution in [3.63, 3.8) is 0 Å². The van der Waals surface area contributed by atoms with Crippen molar-refractivity contribution in [3.8, 4) is 0 Å². The lowest BCUT2D eigenvalue weighted by molar-refractivity contribution is -0.306. The number of hydrogen-bond donors (Lipinski definition) is 1. The van der Waals surface area contributed by atoms with Crippen molar-refractivity contribution < 1.29 is 57.3 Å². The minimum absolute atomic E-state index is 0.00375. The molecule has 2 fully saturated rings. The number of methoxy groups -OCH3 is 1. The predicted molar refractivity (Wildman–Crippen MR) is 270 cm³/mol. The Balaban J connectivity index is 1.04. The second kappa shape index (κ2) is 27.5. The highest BCUT2D eigenvalue weighted by molar-refractivity contribution is 7.99. The third-order valence-corrected chi connectivity index (χ3v) is 13.4. The van der Waals surface area contributed by atoms with Gasteiger partial charge in [0.05, 0.1) is 58.4 Å². The molecule has 2 aliphatic rings. The van der Waals surface area contributed by atoms with Crippen molar-refractivity contribution in [1.82, 2.24) is 0 Å². The van der Waals surface area contributed by atoms with Crippen LogP contribution in [0.5, 0.6) is 0 Å². The topological polar surface area (TPSA) is 130 Å². The van der Waals surface area contributed by atoms with E-state index >= 15 is 0 Å². The maximum absolute atomic E-state index is 14.6. The summed E-state index contributed by atoms with van der Waals surface area (Å²) in [5.74, 6) is 0.0476. The van der Waals surface area contributed by atoms with E-state index in [1.54, 1.807) is 23.9 Å². The molecule has 71 heavy (non-hydrogen) atoms. The molecule has 0 aromatic heterocycles. The van der Waals surface area contributed by atoms with Crippen molar-refractivity contribution in [2.24, 2.45) is 0 Å². The molecular weight excluding hydrogens is 921 g/mol. The number of benzene rings is 6. The van der Waals surface area contributed by atoms with E-state index in [-0.39, 0.29) is 32.0 Å². The van der Waals surface area contributed by atoms with Crippen LogP contribution in [0.15, 0.2) is 176 Å². The molecule has 6 aromatic carbocycles. The predicted octanol–water partition coefficient (Wildman–Crippen LogP) is 9.50. The van der Waals surface area contributed by atoms with Gasteiger partial charge in [-0.2, -0.15) is 0 Å². The minimum Gasteiger partial charge on any atom is -0.453 e. The standard InChI is InChI=1S/C58H64O12S/c1-3-71-58-55(53(65-36-44-27-15-7-16-28-44)51(64-35-43-25-13-6-14-26-43)49(69-58)40-63-34-42-23-11-5-12-24-42)67-38-46-31-19-20-32-47(46)56(60)70-52-50(59)48(39-62-33-41-21-9-4-10-22-41)68-57(61-2)54(52)66-37-45-29-17-8-18-30-45/h4-32,48-55,57-59H,3,33-40H2,1-2H3/t48-,49-,50-,51-,52+,53+,54-,55-,57+,58+/m1/s1. The Hall–Kier alpha value is -5.26. The second-order valence-corrected chi connectivity index (χ2v) is 18.7. The molecule has 2 heterocycles. The van der Waals surface area contributed by atoms with Gasteiger partial charge in [0.2, 0.25) is 0 Å². The Labute approximate surface area is 421 Å². The zero-order chi connectivity index (χ0) is 49.0. The largest absolute Gasteiger partial charge is 0.453 e. The average Bonchev–Trinajstić information content (AvgIpc) is 3.41. The number of aliphatic hydroxyl groups is 1. The van der Waals surface area contributed by atoms with Crippen LogP contribution in [0.3, 0.4) is 0 Å². The Morgan fingerprint density at radius 1 is 0.493 bits per heavy atom. The summed E-state index contributed by atoms with van der Waals surface area (Å²) in [4.78, 5) is 14.6. The van der Waals surface area contributed by atoms with Crippen LogP contribution in [0.2, 0.25) is 0 Å². The third kappa shape index (κ3) is 14.9. The van der Waals surface area contributed by atoms with Gasteiger partial charge >= 0.3 is 5.97 Å². The van der Waals surface area contributed by atoms with Crippen LogP contribution in [0.4, 0.5) is 0 Å². The first kappa shape index (κ1) is 52.1. The molecule has 13 heteroatoms. The zero-order valence-electron chi connectivity index (χ0n) is 40.2. The summed E-state index contributed by atoms with van der Waals surface area (Å²) in [5, 5.41) is 12.0. The van der Waals surface area contributed by atoms with Gasteiger partial charge in [-0.05, 0) is 45.2 Å². The highest BCUT2D eigenvalue weighted by Gasteiger charge is 2.50. The number of thioether (sulfide) groups is 1. The molecule has 374 valence electrons. The Bertz CT molecular complexity index is 2440. The van der Waals surface area contributed by atoms with Crippen molar-refractivity contribution in [2.75, 3.05) is 26.1 Å². The number of carbonyl (C=O) groups excluding carboxylic acids is 1. The number of rotatable bonds is 25. The molecule has 0 saturated carbocycles. The van der Waals surface area contributed by atoms with E-state index in [1.165, 1.54) is 7.11 Å². The molecule has 2 saturated heterocycles. The number of ether oxygens (including phenoxy) is 10. The summed E-state index contributed by atoms with van der Waals surface area (Å²) in [6.45, 7) is 3.77. The van der Waals surface area contributed by atoms with E-state index in [9.17, 15) is 9.90 Å². The van der Waals surface area contributed by atoms with Gasteiger partial charge in [-0.3, -0.25) is 0 Å². The van der Waals surface area contributed by atoms with Crippen LogP contribution in [0, 0.1) is 0 Å². The maximum Gasteiger partial charge on any atom is 0.338 e. The van der Waals surface area contributed by atoms with Gasteiger partial charge in [0.15, 0.2) is 12.4 Å². The highest BCUT2D eigenvalue weighted by Crippen LogP contribution is 2.36. The molecule has 0 unspecified atom stereocenters. The summed E-state index contributed by atoms with van der Waals surface area (Å²) in [6, 6.07) is 56.4. The molecule has 10 atom stereocenters. The lowest BCUT2D eigenvalue weighted by Crippen LogP contribution is -2.61. The zero-order valence-corrected chi connectivity index (χ0v) is 41.0. The van der Waals surface area contributed by atoms with Crippen LogP contribution in [0.25, 0.3) is 0 Å². The number of carbonyl (C=O) groups is 1. The first-order valence-corrected chi connectivity index (χ1v) is 25.3. The fourth-order valence-electron chi connectivity index (χ4n) is 8.66. The number of esters is 1. The molecule has 0 bridgehead atoms. The van der Waals surface area contributed by atoms with Crippen LogP contribution in [-0.4, -0.2) is 97.7 Å². The molecule has 6 aromatic rings. The van der Waals surface area contributed by atoms with Crippen LogP contribution >= 0.6 is 11.8 Å². The van der Waals surface area contributed by atoms with Gasteiger partial charge in [0.25, 0.3) is 0 Å². The lowest BCUT2D eigenvalue weighted by atomic mass is 9.98. The van der Waals surface area contributed by atoms with Gasteiger partial charge in [0.1, 0.15) is 48.2 Å². The Morgan fingerprint density at radius 3 is 1.44 bits per heavy atom. The number of aliphatic hydroxyl groups excluding tert-OH is 1. The van der Waals surface area contributed by atoms with Crippen molar-refractivity contribution in [1.29, 1.82) is 0 Å².